The van der Waals surface area contributed by atoms with Crippen LogP contribution in [0.4, 0.5) is 4.79 Å². The quantitative estimate of drug-likeness (QED) is 0.357. The third kappa shape index (κ3) is 4.42. The summed E-state index contributed by atoms with van der Waals surface area (Å²) in [4.78, 5) is 47.9. The summed E-state index contributed by atoms with van der Waals surface area (Å²) in [6.07, 6.45) is 0.986. The standard InChI is InChI=1S/C14H20N4O5/c1-3-14(4-2)12(21)18(13(22)17-14)8-11(20)23-9-10(19)16-7-5-6-15/h3-5,7-9H2,1-2H3,(H,16,19)(H,17,22). The maximum Gasteiger partial charge on any atom is 0.326 e. The summed E-state index contributed by atoms with van der Waals surface area (Å²) in [5.41, 5.74) is -0.980. The molecule has 2 N–H and O–H groups in total. The summed E-state index contributed by atoms with van der Waals surface area (Å²) in [7, 11) is 0. The van der Waals surface area contributed by atoms with Gasteiger partial charge in [0.15, 0.2) is 6.61 Å². The van der Waals surface area contributed by atoms with Gasteiger partial charge in [-0.15, -0.1) is 0 Å². The van der Waals surface area contributed by atoms with Crippen molar-refractivity contribution in [1.82, 2.24) is 15.5 Å². The van der Waals surface area contributed by atoms with E-state index >= 15 is 0 Å². The van der Waals surface area contributed by atoms with E-state index in [0.717, 1.165) is 4.90 Å². The summed E-state index contributed by atoms with van der Waals surface area (Å²) >= 11 is 0. The number of ether oxygens (including phenoxy) is 1. The Balaban J connectivity index is 2.49. The van der Waals surface area contributed by atoms with Crippen molar-refractivity contribution >= 4 is 23.8 Å². The molecule has 9 nitrogen and oxygen atoms in total. The van der Waals surface area contributed by atoms with Crippen LogP contribution in [0.25, 0.3) is 0 Å². The molecule has 0 aromatic heterocycles. The third-order valence-corrected chi connectivity index (χ3v) is 3.66. The monoisotopic (exact) mass is 324 g/mol. The van der Waals surface area contributed by atoms with E-state index in [1.54, 1.807) is 13.8 Å². The molecular weight excluding hydrogens is 304 g/mol. The smallest absolute Gasteiger partial charge is 0.326 e. The molecule has 23 heavy (non-hydrogen) atoms. The van der Waals surface area contributed by atoms with Gasteiger partial charge in [-0.05, 0) is 12.8 Å². The first-order chi connectivity index (χ1) is 10.9. The molecule has 0 spiro atoms. The zero-order valence-corrected chi connectivity index (χ0v) is 13.2. The predicted octanol–water partition coefficient (Wildman–Crippen LogP) is -0.330. The minimum atomic E-state index is -0.980. The molecule has 9 heteroatoms. The van der Waals surface area contributed by atoms with E-state index in [-0.39, 0.29) is 13.0 Å². The van der Waals surface area contributed by atoms with E-state index < -0.39 is 42.5 Å². The Labute approximate surface area is 133 Å². The van der Waals surface area contributed by atoms with E-state index in [9.17, 15) is 19.2 Å². The van der Waals surface area contributed by atoms with Crippen LogP contribution in [0.5, 0.6) is 0 Å². The fourth-order valence-electron chi connectivity index (χ4n) is 2.18. The second-order valence-corrected chi connectivity index (χ2v) is 5.03. The number of carbonyl (C=O) groups excluding carboxylic acids is 4. The minimum Gasteiger partial charge on any atom is -0.454 e. The van der Waals surface area contributed by atoms with Gasteiger partial charge in [0, 0.05) is 6.54 Å². The fraction of sp³-hybridized carbons (Fsp3) is 0.643. The molecule has 1 rings (SSSR count). The van der Waals surface area contributed by atoms with E-state index in [1.165, 1.54) is 0 Å². The number of amides is 4. The molecule has 0 radical (unpaired) electrons. The largest absolute Gasteiger partial charge is 0.454 e. The summed E-state index contributed by atoms with van der Waals surface area (Å²) in [5.74, 6) is -1.88. The van der Waals surface area contributed by atoms with Crippen molar-refractivity contribution in [2.24, 2.45) is 0 Å². The Hall–Kier alpha value is -2.63. The average molecular weight is 324 g/mol. The highest BCUT2D eigenvalue weighted by Crippen LogP contribution is 2.24. The lowest BCUT2D eigenvalue weighted by Crippen LogP contribution is -2.46. The first-order valence-electron chi connectivity index (χ1n) is 7.33. The SMILES string of the molecule is CCC1(CC)NC(=O)N(CC(=O)OCC(=O)NCCC#N)C1=O. The van der Waals surface area contributed by atoms with Crippen LogP contribution in [0.3, 0.4) is 0 Å². The molecule has 4 amide bonds. The van der Waals surface area contributed by atoms with Gasteiger partial charge in [0.1, 0.15) is 12.1 Å². The number of nitrogens with zero attached hydrogens (tertiary/aromatic N) is 2. The second-order valence-electron chi connectivity index (χ2n) is 5.03. The van der Waals surface area contributed by atoms with Crippen molar-refractivity contribution in [3.05, 3.63) is 0 Å². The van der Waals surface area contributed by atoms with E-state index in [0.29, 0.717) is 12.8 Å². The van der Waals surface area contributed by atoms with Crippen LogP contribution in [0.2, 0.25) is 0 Å². The molecule has 1 aliphatic rings. The molecule has 1 saturated heterocycles. The molecule has 0 bridgehead atoms. The van der Waals surface area contributed by atoms with Crippen LogP contribution in [-0.2, 0) is 19.1 Å². The minimum absolute atomic E-state index is 0.151. The molecule has 0 aromatic carbocycles. The van der Waals surface area contributed by atoms with Gasteiger partial charge in [-0.1, -0.05) is 13.8 Å². The number of rotatable bonds is 8. The summed E-state index contributed by atoms with van der Waals surface area (Å²) < 4.78 is 4.72. The van der Waals surface area contributed by atoms with Crippen molar-refractivity contribution in [1.29, 1.82) is 5.26 Å². The van der Waals surface area contributed by atoms with Crippen LogP contribution in [0, 0.1) is 11.3 Å². The average Bonchev–Trinajstić information content (AvgIpc) is 2.78. The van der Waals surface area contributed by atoms with Crippen molar-refractivity contribution in [3.63, 3.8) is 0 Å². The van der Waals surface area contributed by atoms with Crippen LogP contribution >= 0.6 is 0 Å². The number of esters is 1. The van der Waals surface area contributed by atoms with E-state index in [4.69, 9.17) is 10.00 Å². The lowest BCUT2D eigenvalue weighted by molar-refractivity contribution is -0.151. The van der Waals surface area contributed by atoms with E-state index in [2.05, 4.69) is 10.6 Å². The number of imide groups is 1. The molecule has 1 fully saturated rings. The fourth-order valence-corrected chi connectivity index (χ4v) is 2.18. The highest BCUT2D eigenvalue weighted by atomic mass is 16.5. The Kier molecular flexibility index (Phi) is 6.50. The molecule has 0 unspecified atom stereocenters. The molecule has 0 atom stereocenters. The van der Waals surface area contributed by atoms with Gasteiger partial charge >= 0.3 is 12.0 Å². The number of nitriles is 1. The van der Waals surface area contributed by atoms with Gasteiger partial charge in [0.05, 0.1) is 12.5 Å². The topological polar surface area (TPSA) is 129 Å². The Bertz CT molecular complexity index is 536. The van der Waals surface area contributed by atoms with Gasteiger partial charge < -0.3 is 15.4 Å². The number of nitrogens with one attached hydrogen (secondary N) is 2. The zero-order valence-electron chi connectivity index (χ0n) is 13.2. The molecule has 126 valence electrons. The molecule has 0 saturated carbocycles. The maximum absolute atomic E-state index is 12.3. The Morgan fingerprint density at radius 2 is 2.00 bits per heavy atom. The number of hydrogen-bond donors (Lipinski definition) is 2. The molecule has 0 aliphatic carbocycles. The molecule has 1 heterocycles. The van der Waals surface area contributed by atoms with E-state index in [1.807, 2.05) is 6.07 Å². The van der Waals surface area contributed by atoms with Gasteiger partial charge in [-0.2, -0.15) is 5.26 Å². The third-order valence-electron chi connectivity index (χ3n) is 3.66. The summed E-state index contributed by atoms with van der Waals surface area (Å²) in [5, 5.41) is 13.3. The molecular formula is C14H20N4O5. The highest BCUT2D eigenvalue weighted by Gasteiger charge is 2.49. The number of hydrogen-bond acceptors (Lipinski definition) is 6. The van der Waals surface area contributed by atoms with Crippen LogP contribution < -0.4 is 10.6 Å². The number of urea groups is 1. The Morgan fingerprint density at radius 3 is 2.52 bits per heavy atom. The first-order valence-corrected chi connectivity index (χ1v) is 7.33. The molecule has 0 aromatic rings. The summed E-state index contributed by atoms with van der Waals surface area (Å²) in [6.45, 7) is 2.64. The van der Waals surface area contributed by atoms with Crippen LogP contribution in [0.15, 0.2) is 0 Å². The maximum atomic E-state index is 12.3. The van der Waals surface area contributed by atoms with Gasteiger partial charge in [0.25, 0.3) is 11.8 Å². The predicted molar refractivity (Wildman–Crippen MR) is 77.8 cm³/mol. The lowest BCUT2D eigenvalue weighted by atomic mass is 9.93. The van der Waals surface area contributed by atoms with Gasteiger partial charge in [-0.25, -0.2) is 4.79 Å². The first kappa shape index (κ1) is 18.4. The van der Waals surface area contributed by atoms with Gasteiger partial charge in [-0.3, -0.25) is 19.3 Å². The second kappa shape index (κ2) is 8.12. The van der Waals surface area contributed by atoms with Crippen molar-refractivity contribution in [2.45, 2.75) is 38.6 Å². The van der Waals surface area contributed by atoms with Crippen LogP contribution in [0.1, 0.15) is 33.1 Å². The lowest BCUT2D eigenvalue weighted by Gasteiger charge is -2.22. The van der Waals surface area contributed by atoms with Crippen molar-refractivity contribution < 1.29 is 23.9 Å². The highest BCUT2D eigenvalue weighted by molar-refractivity contribution is 6.08. The van der Waals surface area contributed by atoms with Crippen molar-refractivity contribution in [2.75, 3.05) is 19.7 Å². The molecule has 1 aliphatic heterocycles. The van der Waals surface area contributed by atoms with Crippen molar-refractivity contribution in [3.8, 4) is 6.07 Å². The normalized spacial score (nSPS) is 15.8. The zero-order chi connectivity index (χ0) is 17.5. The number of carbonyl (C=O) groups is 4. The van der Waals surface area contributed by atoms with Crippen LogP contribution in [-0.4, -0.2) is 54.0 Å². The van der Waals surface area contributed by atoms with Gasteiger partial charge in [0.2, 0.25) is 0 Å². The summed E-state index contributed by atoms with van der Waals surface area (Å²) in [6, 6.07) is 1.21. The Morgan fingerprint density at radius 1 is 1.35 bits per heavy atom.